The van der Waals surface area contributed by atoms with Crippen molar-refractivity contribution >= 4 is 70.8 Å². The molecule has 4 aliphatic heterocycles. The molecule has 0 aliphatic carbocycles. The molecule has 15 nitrogen and oxygen atoms in total. The van der Waals surface area contributed by atoms with Crippen LogP contribution >= 0.6 is 35.1 Å². The molecule has 50 heavy (non-hydrogen) atoms. The van der Waals surface area contributed by atoms with Gasteiger partial charge >= 0.3 is 11.9 Å². The van der Waals surface area contributed by atoms with Crippen LogP contribution < -0.4 is 27.8 Å². The van der Waals surface area contributed by atoms with Gasteiger partial charge in [0.15, 0.2) is 24.7 Å². The number of rotatable bonds is 14. The standard InChI is InChI=1S/C32H37ClN8O7S2/c1-32(2,31(46)47)48-39-23(19-9-5-11-22(36)50-26(19)33)27(42)38-24-28(43)41-25(30(44)45)18(17-49-29(24)41)8-6-15-40-14-4-3-10-20(35)21(16-40)37-13-7-12-34/h3-6,8-11,14,16,24,29,35,37H,7,12-13,15,17,34,36H2,1-2H3,(H3,38,42,44,45,46,47)/p+1/b8-6+,10-3+,14-4?,21-16?,39-23-/t24-,29?/m1/s1. The quantitative estimate of drug-likeness (QED) is 0.0438. The zero-order valence-corrected chi connectivity index (χ0v) is 29.6. The smallest absolute Gasteiger partial charge is 0.352 e. The first-order valence-electron chi connectivity index (χ1n) is 15.2. The average molecular weight is 746 g/mol. The Morgan fingerprint density at radius 2 is 1.98 bits per heavy atom. The highest BCUT2D eigenvalue weighted by molar-refractivity contribution is 8.08. The number of carbonyl (C=O) groups excluding carboxylic acids is 2. The van der Waals surface area contributed by atoms with Crippen LogP contribution in [0.15, 0.2) is 97.6 Å². The van der Waals surface area contributed by atoms with Crippen molar-refractivity contribution in [2.45, 2.75) is 37.3 Å². The molecule has 10 N–H and O–H groups in total. The molecule has 4 heterocycles. The van der Waals surface area contributed by atoms with Crippen LogP contribution in [-0.2, 0) is 24.0 Å². The number of aliphatic carboxylic acids is 2. The number of nitrogens with one attached hydrogen (secondary N) is 2. The first-order chi connectivity index (χ1) is 23.7. The van der Waals surface area contributed by atoms with Crippen LogP contribution in [0.1, 0.15) is 20.3 Å². The van der Waals surface area contributed by atoms with Crippen LogP contribution in [0.4, 0.5) is 0 Å². The highest BCUT2D eigenvalue weighted by Gasteiger charge is 2.54. The lowest BCUT2D eigenvalue weighted by Gasteiger charge is -2.49. The number of carboxylic acid groups (broad SMARTS) is 2. The minimum absolute atomic E-state index is 0.0538. The fourth-order valence-electron chi connectivity index (χ4n) is 4.66. The van der Waals surface area contributed by atoms with Crippen molar-refractivity contribution < 1.29 is 38.8 Å². The Kier molecular flexibility index (Phi) is 12.8. The van der Waals surface area contributed by atoms with E-state index in [1.54, 1.807) is 30.4 Å². The van der Waals surface area contributed by atoms with Crippen LogP contribution in [0.3, 0.4) is 0 Å². The molecule has 0 spiro atoms. The summed E-state index contributed by atoms with van der Waals surface area (Å²) in [6.07, 6.45) is 17.8. The number of hydrogen-bond donors (Lipinski definition) is 7. The predicted molar refractivity (Wildman–Crippen MR) is 193 cm³/mol. The van der Waals surface area contributed by atoms with Gasteiger partial charge in [0.25, 0.3) is 11.8 Å². The van der Waals surface area contributed by atoms with Crippen molar-refractivity contribution in [1.82, 2.24) is 15.5 Å². The number of carbonyl (C=O) groups is 4. The molecule has 2 amide bonds. The van der Waals surface area contributed by atoms with Gasteiger partial charge in [-0.3, -0.25) is 14.5 Å². The molecule has 4 aliphatic rings. The van der Waals surface area contributed by atoms with E-state index in [-0.39, 0.29) is 21.4 Å². The van der Waals surface area contributed by atoms with Crippen molar-refractivity contribution in [1.29, 1.82) is 0 Å². The Morgan fingerprint density at radius 3 is 2.68 bits per heavy atom. The number of fused-ring (bicyclic) bond motifs is 1. The second-order valence-electron chi connectivity index (χ2n) is 11.5. The molecule has 1 unspecified atom stereocenters. The number of thioether (sulfide) groups is 2. The second kappa shape index (κ2) is 16.8. The summed E-state index contributed by atoms with van der Waals surface area (Å²) in [5.41, 5.74) is 17.0. The van der Waals surface area contributed by atoms with Gasteiger partial charge in [0.1, 0.15) is 22.8 Å². The molecule has 4 rings (SSSR count). The Hall–Kier alpha value is -4.71. The van der Waals surface area contributed by atoms with Crippen LogP contribution in [0.25, 0.3) is 0 Å². The zero-order valence-electron chi connectivity index (χ0n) is 27.2. The fourth-order valence-corrected chi connectivity index (χ4v) is 7.02. The number of amides is 2. The minimum Gasteiger partial charge on any atom is -0.478 e. The molecule has 266 valence electrons. The summed E-state index contributed by atoms with van der Waals surface area (Å²) in [6.45, 7) is 4.03. The highest BCUT2D eigenvalue weighted by Crippen LogP contribution is 2.41. The summed E-state index contributed by atoms with van der Waals surface area (Å²) >= 11 is 8.64. The van der Waals surface area contributed by atoms with Crippen molar-refractivity contribution in [3.63, 3.8) is 0 Å². The molecule has 1 saturated heterocycles. The number of oxime groups is 1. The summed E-state index contributed by atoms with van der Waals surface area (Å²) in [6, 6.07) is -1.12. The molecular weight excluding hydrogens is 708 g/mol. The predicted octanol–water partition coefficient (Wildman–Crippen LogP) is 1.35. The van der Waals surface area contributed by atoms with E-state index in [0.717, 1.165) is 23.1 Å². The summed E-state index contributed by atoms with van der Waals surface area (Å²) in [7, 11) is 0. The molecule has 0 radical (unpaired) electrons. The topological polar surface area (TPSA) is 239 Å². The normalized spacial score (nSPS) is 23.3. The van der Waals surface area contributed by atoms with Crippen LogP contribution in [0, 0.1) is 0 Å². The average Bonchev–Trinajstić information content (AvgIpc) is 3.22. The van der Waals surface area contributed by atoms with Gasteiger partial charge < -0.3 is 42.9 Å². The lowest BCUT2D eigenvalue weighted by atomic mass is 10.0. The van der Waals surface area contributed by atoms with Crippen LogP contribution in [0.5, 0.6) is 0 Å². The maximum Gasteiger partial charge on any atom is 0.352 e. The molecule has 18 heteroatoms. The van der Waals surface area contributed by atoms with Gasteiger partial charge in [0.05, 0.1) is 15.1 Å². The lowest BCUT2D eigenvalue weighted by molar-refractivity contribution is -0.439. The van der Waals surface area contributed by atoms with E-state index in [0.29, 0.717) is 41.6 Å². The zero-order chi connectivity index (χ0) is 36.6. The largest absolute Gasteiger partial charge is 0.478 e. The van der Waals surface area contributed by atoms with Gasteiger partial charge in [-0.25, -0.2) is 9.59 Å². The van der Waals surface area contributed by atoms with E-state index in [1.165, 1.54) is 37.8 Å². The fraction of sp³-hybridized carbons (Fsp3) is 0.312. The number of nitrogens with two attached hydrogens (primary N) is 3. The Bertz CT molecular complexity index is 1760. The van der Waals surface area contributed by atoms with Gasteiger partial charge in [-0.2, -0.15) is 4.58 Å². The molecule has 0 saturated carbocycles. The number of allylic oxidation sites excluding steroid dienone is 8. The highest BCUT2D eigenvalue weighted by atomic mass is 35.5. The van der Waals surface area contributed by atoms with Gasteiger partial charge in [0.2, 0.25) is 5.60 Å². The molecule has 1 fully saturated rings. The summed E-state index contributed by atoms with van der Waals surface area (Å²) < 4.78 is 1.92. The number of nitrogens with zero attached hydrogens (tertiary/aromatic N) is 3. The third kappa shape index (κ3) is 9.09. The van der Waals surface area contributed by atoms with Gasteiger partial charge in [0, 0.05) is 23.9 Å². The molecule has 2 atom stereocenters. The van der Waals surface area contributed by atoms with E-state index in [9.17, 15) is 29.4 Å². The summed E-state index contributed by atoms with van der Waals surface area (Å²) in [4.78, 5) is 57.4. The van der Waals surface area contributed by atoms with Crippen molar-refractivity contribution in [3.05, 3.63) is 92.4 Å². The Morgan fingerprint density at radius 1 is 1.22 bits per heavy atom. The summed E-state index contributed by atoms with van der Waals surface area (Å²) in [5, 5.41) is 28.9. The number of hydrogen-bond acceptors (Lipinski definition) is 12. The van der Waals surface area contributed by atoms with E-state index in [2.05, 4.69) is 15.8 Å². The maximum atomic E-state index is 13.6. The van der Waals surface area contributed by atoms with E-state index < -0.39 is 46.5 Å². The van der Waals surface area contributed by atoms with E-state index in [4.69, 9.17) is 33.6 Å². The molecule has 0 aromatic rings. The molecule has 0 aromatic carbocycles. The maximum absolute atomic E-state index is 13.6. The third-order valence-electron chi connectivity index (χ3n) is 7.38. The van der Waals surface area contributed by atoms with Crippen molar-refractivity contribution in [2.75, 3.05) is 25.4 Å². The molecular formula is C32H38ClN8O7S2+. The number of carboxylic acids is 2. The first kappa shape index (κ1) is 38.1. The molecule has 0 bridgehead atoms. The SMILES string of the molecule is CC(C)(O/N=C(\C(=O)N[C@@H]1C(=O)N2C(C(=O)O)=C(/C=C/C[N+]3=C/C(NCCCN)=C(N)\C=C\C=C3)CSC12)C1=C(Cl)SC(N)=CC=C1)C(=O)O. The first-order valence-corrected chi connectivity index (χ1v) is 17.5. The number of β-lactam (4-membered cyclic amide) rings is 1. The van der Waals surface area contributed by atoms with Gasteiger partial charge in [-0.15, -0.1) is 11.8 Å². The lowest BCUT2D eigenvalue weighted by Crippen LogP contribution is -2.71. The van der Waals surface area contributed by atoms with Gasteiger partial charge in [-0.1, -0.05) is 52.8 Å². The van der Waals surface area contributed by atoms with Crippen molar-refractivity contribution in [3.8, 4) is 0 Å². The second-order valence-corrected chi connectivity index (χ2v) is 14.3. The third-order valence-corrected chi connectivity index (χ3v) is 9.89. The van der Waals surface area contributed by atoms with Crippen LogP contribution in [-0.4, -0.2) is 97.8 Å². The Balaban J connectivity index is 1.53. The summed E-state index contributed by atoms with van der Waals surface area (Å²) in [5.74, 6) is -3.95. The van der Waals surface area contributed by atoms with E-state index in [1.807, 2.05) is 23.1 Å². The van der Waals surface area contributed by atoms with Crippen LogP contribution in [0.2, 0.25) is 0 Å². The monoisotopic (exact) mass is 745 g/mol. The van der Waals surface area contributed by atoms with Gasteiger partial charge in [-0.05, 0) is 50.6 Å². The Labute approximate surface area is 301 Å². The minimum atomic E-state index is -1.81. The molecule has 0 aromatic heterocycles. The van der Waals surface area contributed by atoms with Crippen molar-refractivity contribution in [2.24, 2.45) is 22.4 Å². The number of halogens is 1. The van der Waals surface area contributed by atoms with E-state index >= 15 is 0 Å².